The lowest BCUT2D eigenvalue weighted by Crippen LogP contribution is -2.44. The van der Waals surface area contributed by atoms with Crippen molar-refractivity contribution in [2.75, 3.05) is 64.4 Å². The van der Waals surface area contributed by atoms with Gasteiger partial charge in [-0.2, -0.15) is 0 Å². The molecule has 2 aliphatic heterocycles. The van der Waals surface area contributed by atoms with E-state index in [-0.39, 0.29) is 0 Å². The second kappa shape index (κ2) is 9.58. The SMILES string of the molecule is CN=C(NCCN1CCOCC1)NCc1ccc(N2CCCC2)nc1. The van der Waals surface area contributed by atoms with Crippen LogP contribution in [0.4, 0.5) is 5.82 Å². The summed E-state index contributed by atoms with van der Waals surface area (Å²) in [6.07, 6.45) is 4.51. The van der Waals surface area contributed by atoms with Crippen LogP contribution in [0.25, 0.3) is 0 Å². The van der Waals surface area contributed by atoms with Crippen molar-refractivity contribution >= 4 is 11.8 Å². The molecule has 0 unspecified atom stereocenters. The number of anilines is 1. The predicted molar refractivity (Wildman–Crippen MR) is 101 cm³/mol. The number of hydrogen-bond acceptors (Lipinski definition) is 5. The molecule has 0 bridgehead atoms. The minimum Gasteiger partial charge on any atom is -0.379 e. The molecule has 0 atom stereocenters. The Kier molecular flexibility index (Phi) is 6.88. The fourth-order valence-corrected chi connectivity index (χ4v) is 3.22. The molecule has 2 aliphatic rings. The van der Waals surface area contributed by atoms with Crippen molar-refractivity contribution in [3.05, 3.63) is 23.9 Å². The number of nitrogens with zero attached hydrogens (tertiary/aromatic N) is 4. The Morgan fingerprint density at radius 3 is 2.64 bits per heavy atom. The van der Waals surface area contributed by atoms with E-state index >= 15 is 0 Å². The molecular weight excluding hydrogens is 316 g/mol. The Balaban J connectivity index is 1.38. The third kappa shape index (κ3) is 5.57. The molecule has 0 aromatic carbocycles. The first-order valence-electron chi connectivity index (χ1n) is 9.29. The van der Waals surface area contributed by atoms with Crippen LogP contribution in [-0.2, 0) is 11.3 Å². The van der Waals surface area contributed by atoms with E-state index in [1.54, 1.807) is 7.05 Å². The van der Waals surface area contributed by atoms with Gasteiger partial charge >= 0.3 is 0 Å². The number of aromatic nitrogens is 1. The number of guanidine groups is 1. The monoisotopic (exact) mass is 346 g/mol. The molecule has 138 valence electrons. The summed E-state index contributed by atoms with van der Waals surface area (Å²) in [6, 6.07) is 4.27. The van der Waals surface area contributed by atoms with Gasteiger partial charge in [0.1, 0.15) is 5.82 Å². The zero-order valence-corrected chi connectivity index (χ0v) is 15.2. The molecule has 0 radical (unpaired) electrons. The molecule has 3 heterocycles. The standard InChI is InChI=1S/C18H30N6O/c1-19-18(20-6-9-23-10-12-25-13-11-23)22-15-16-4-5-17(21-14-16)24-7-2-3-8-24/h4-5,14H,2-3,6-13,15H2,1H3,(H2,19,20,22). The third-order valence-electron chi connectivity index (χ3n) is 4.75. The third-order valence-corrected chi connectivity index (χ3v) is 4.75. The van der Waals surface area contributed by atoms with Crippen LogP contribution in [0, 0.1) is 0 Å². The maximum absolute atomic E-state index is 5.37. The van der Waals surface area contributed by atoms with Gasteiger partial charge in [0, 0.05) is 59.1 Å². The first-order valence-corrected chi connectivity index (χ1v) is 9.29. The Labute approximate surface area is 150 Å². The quantitative estimate of drug-likeness (QED) is 0.583. The van der Waals surface area contributed by atoms with E-state index in [9.17, 15) is 0 Å². The van der Waals surface area contributed by atoms with Crippen molar-refractivity contribution < 1.29 is 4.74 Å². The van der Waals surface area contributed by atoms with E-state index < -0.39 is 0 Å². The van der Waals surface area contributed by atoms with Crippen LogP contribution in [0.1, 0.15) is 18.4 Å². The number of morpholine rings is 1. The zero-order chi connectivity index (χ0) is 17.3. The molecular formula is C18H30N6O. The highest BCUT2D eigenvalue weighted by Gasteiger charge is 2.13. The van der Waals surface area contributed by atoms with Gasteiger partial charge in [0.2, 0.25) is 0 Å². The Morgan fingerprint density at radius 2 is 1.96 bits per heavy atom. The van der Waals surface area contributed by atoms with Gasteiger partial charge in [0.25, 0.3) is 0 Å². The van der Waals surface area contributed by atoms with Gasteiger partial charge < -0.3 is 20.3 Å². The number of rotatable bonds is 6. The minimum absolute atomic E-state index is 0.727. The van der Waals surface area contributed by atoms with Gasteiger partial charge in [-0.25, -0.2) is 4.98 Å². The van der Waals surface area contributed by atoms with Crippen molar-refractivity contribution in [2.24, 2.45) is 4.99 Å². The van der Waals surface area contributed by atoms with Gasteiger partial charge in [-0.05, 0) is 24.5 Å². The van der Waals surface area contributed by atoms with Crippen molar-refractivity contribution in [3.63, 3.8) is 0 Å². The maximum Gasteiger partial charge on any atom is 0.191 e. The lowest BCUT2D eigenvalue weighted by molar-refractivity contribution is 0.0389. The summed E-state index contributed by atoms with van der Waals surface area (Å²) < 4.78 is 5.37. The van der Waals surface area contributed by atoms with Gasteiger partial charge in [-0.1, -0.05) is 6.07 Å². The molecule has 0 amide bonds. The molecule has 0 spiro atoms. The Bertz CT molecular complexity index is 535. The molecule has 25 heavy (non-hydrogen) atoms. The fourth-order valence-electron chi connectivity index (χ4n) is 3.22. The number of ether oxygens (including phenoxy) is 1. The molecule has 0 saturated carbocycles. The smallest absolute Gasteiger partial charge is 0.191 e. The van der Waals surface area contributed by atoms with Crippen molar-refractivity contribution in [3.8, 4) is 0 Å². The van der Waals surface area contributed by atoms with Crippen LogP contribution in [0.15, 0.2) is 23.3 Å². The van der Waals surface area contributed by atoms with E-state index in [1.165, 1.54) is 18.4 Å². The van der Waals surface area contributed by atoms with E-state index in [1.807, 2.05) is 6.20 Å². The van der Waals surface area contributed by atoms with Gasteiger partial charge in [0.15, 0.2) is 5.96 Å². The lowest BCUT2D eigenvalue weighted by Gasteiger charge is -2.26. The van der Waals surface area contributed by atoms with Gasteiger partial charge in [-0.15, -0.1) is 0 Å². The highest BCUT2D eigenvalue weighted by molar-refractivity contribution is 5.79. The maximum atomic E-state index is 5.37. The topological polar surface area (TPSA) is 65.0 Å². The Morgan fingerprint density at radius 1 is 1.16 bits per heavy atom. The average Bonchev–Trinajstić information content (AvgIpc) is 3.20. The van der Waals surface area contributed by atoms with E-state index in [2.05, 4.69) is 42.5 Å². The summed E-state index contributed by atoms with van der Waals surface area (Å²) in [4.78, 5) is 13.6. The lowest BCUT2D eigenvalue weighted by atomic mass is 10.3. The van der Waals surface area contributed by atoms with Gasteiger partial charge in [-0.3, -0.25) is 9.89 Å². The van der Waals surface area contributed by atoms with E-state index in [0.717, 1.165) is 70.8 Å². The second-order valence-electron chi connectivity index (χ2n) is 6.53. The molecule has 2 fully saturated rings. The van der Waals surface area contributed by atoms with Crippen LogP contribution < -0.4 is 15.5 Å². The molecule has 7 heteroatoms. The molecule has 7 nitrogen and oxygen atoms in total. The van der Waals surface area contributed by atoms with Crippen LogP contribution in [0.2, 0.25) is 0 Å². The van der Waals surface area contributed by atoms with E-state index in [4.69, 9.17) is 4.74 Å². The van der Waals surface area contributed by atoms with Crippen LogP contribution in [0.3, 0.4) is 0 Å². The largest absolute Gasteiger partial charge is 0.379 e. The number of hydrogen-bond donors (Lipinski definition) is 2. The Hall–Kier alpha value is -1.86. The number of aliphatic imine (C=N–C) groups is 1. The summed E-state index contributed by atoms with van der Waals surface area (Å²) >= 11 is 0. The predicted octanol–water partition coefficient (Wildman–Crippen LogP) is 0.679. The van der Waals surface area contributed by atoms with Crippen molar-refractivity contribution in [2.45, 2.75) is 19.4 Å². The summed E-state index contributed by atoms with van der Waals surface area (Å²) in [6.45, 7) is 8.59. The number of pyridine rings is 1. The summed E-state index contributed by atoms with van der Waals surface area (Å²) in [7, 11) is 1.80. The highest BCUT2D eigenvalue weighted by atomic mass is 16.5. The molecule has 1 aromatic heterocycles. The minimum atomic E-state index is 0.727. The van der Waals surface area contributed by atoms with Gasteiger partial charge in [0.05, 0.1) is 13.2 Å². The summed E-state index contributed by atoms with van der Waals surface area (Å²) in [5, 5.41) is 6.73. The van der Waals surface area contributed by atoms with E-state index in [0.29, 0.717) is 0 Å². The first-order chi connectivity index (χ1) is 12.3. The van der Waals surface area contributed by atoms with Crippen LogP contribution in [0.5, 0.6) is 0 Å². The van der Waals surface area contributed by atoms with Crippen molar-refractivity contribution in [1.29, 1.82) is 0 Å². The van der Waals surface area contributed by atoms with Crippen molar-refractivity contribution in [1.82, 2.24) is 20.5 Å². The highest BCUT2D eigenvalue weighted by Crippen LogP contribution is 2.17. The molecule has 0 aliphatic carbocycles. The second-order valence-corrected chi connectivity index (χ2v) is 6.53. The number of nitrogens with one attached hydrogen (secondary N) is 2. The fraction of sp³-hybridized carbons (Fsp3) is 0.667. The zero-order valence-electron chi connectivity index (χ0n) is 15.2. The normalized spacial score (nSPS) is 19.2. The molecule has 2 N–H and O–H groups in total. The molecule has 3 rings (SSSR count). The molecule has 2 saturated heterocycles. The van der Waals surface area contributed by atoms with Crippen LogP contribution in [-0.4, -0.2) is 75.4 Å². The molecule has 1 aromatic rings. The van der Waals surface area contributed by atoms with Crippen LogP contribution >= 0.6 is 0 Å². The first kappa shape index (κ1) is 17.9. The average molecular weight is 346 g/mol. The summed E-state index contributed by atoms with van der Waals surface area (Å²) in [5.74, 6) is 1.92. The summed E-state index contributed by atoms with van der Waals surface area (Å²) in [5.41, 5.74) is 1.17.